The van der Waals surface area contributed by atoms with Gasteiger partial charge in [-0.1, -0.05) is 6.42 Å². The molecule has 1 aromatic carbocycles. The fraction of sp³-hybridized carbons (Fsp3) is 0.500. The normalized spacial score (nSPS) is 16.6. The number of halogens is 1. The van der Waals surface area contributed by atoms with Gasteiger partial charge < -0.3 is 15.8 Å². The third kappa shape index (κ3) is 2.80. The molecule has 0 bridgehead atoms. The molecule has 1 unspecified atom stereocenters. The first kappa shape index (κ1) is 13.6. The summed E-state index contributed by atoms with van der Waals surface area (Å²) in [7, 11) is 1.27. The first-order valence-electron chi connectivity index (χ1n) is 6.46. The molecule has 0 saturated heterocycles. The Kier molecular flexibility index (Phi) is 3.93. The van der Waals surface area contributed by atoms with Gasteiger partial charge in [-0.25, -0.2) is 9.18 Å². The van der Waals surface area contributed by atoms with E-state index in [0.29, 0.717) is 11.6 Å². The summed E-state index contributed by atoms with van der Waals surface area (Å²) in [5, 5.41) is 3.12. The molecule has 0 heterocycles. The maximum absolute atomic E-state index is 13.8. The summed E-state index contributed by atoms with van der Waals surface area (Å²) in [6.45, 7) is 2.03. The van der Waals surface area contributed by atoms with Gasteiger partial charge >= 0.3 is 5.97 Å². The van der Waals surface area contributed by atoms with E-state index in [9.17, 15) is 9.18 Å². The zero-order chi connectivity index (χ0) is 14.0. The predicted molar refractivity (Wildman–Crippen MR) is 72.6 cm³/mol. The minimum Gasteiger partial charge on any atom is -0.465 e. The molecule has 3 N–H and O–H groups in total. The Bertz CT molecular complexity index is 487. The largest absolute Gasteiger partial charge is 0.465 e. The Morgan fingerprint density at radius 1 is 1.53 bits per heavy atom. The molecule has 1 aliphatic carbocycles. The lowest BCUT2D eigenvalue weighted by Crippen LogP contribution is -2.31. The number of hydrogen-bond acceptors (Lipinski definition) is 4. The molecule has 1 fully saturated rings. The number of anilines is 2. The zero-order valence-electron chi connectivity index (χ0n) is 11.2. The quantitative estimate of drug-likeness (QED) is 0.649. The number of nitrogens with one attached hydrogen (secondary N) is 1. The number of esters is 1. The van der Waals surface area contributed by atoms with Crippen LogP contribution in [0.1, 0.15) is 36.5 Å². The molecule has 0 aliphatic heterocycles. The van der Waals surface area contributed by atoms with E-state index in [1.54, 1.807) is 0 Å². The molecule has 1 aromatic rings. The summed E-state index contributed by atoms with van der Waals surface area (Å²) in [4.78, 5) is 11.5. The molecule has 1 atom stereocenters. The van der Waals surface area contributed by atoms with Crippen LogP contribution >= 0.6 is 0 Å². The van der Waals surface area contributed by atoms with E-state index in [2.05, 4.69) is 10.1 Å². The highest BCUT2D eigenvalue weighted by molar-refractivity contribution is 5.96. The molecule has 19 heavy (non-hydrogen) atoms. The highest BCUT2D eigenvalue weighted by Crippen LogP contribution is 2.32. The Morgan fingerprint density at radius 3 is 2.74 bits per heavy atom. The van der Waals surface area contributed by atoms with Crippen LogP contribution in [0, 0.1) is 11.7 Å². The number of methoxy groups -OCH3 is 1. The fourth-order valence-corrected chi connectivity index (χ4v) is 2.29. The van der Waals surface area contributed by atoms with Gasteiger partial charge in [0, 0.05) is 11.7 Å². The van der Waals surface area contributed by atoms with Crippen molar-refractivity contribution in [1.29, 1.82) is 0 Å². The summed E-state index contributed by atoms with van der Waals surface area (Å²) in [6.07, 6.45) is 3.55. The van der Waals surface area contributed by atoms with Crippen molar-refractivity contribution in [3.05, 3.63) is 23.5 Å². The Labute approximate surface area is 112 Å². The topological polar surface area (TPSA) is 64.3 Å². The summed E-state index contributed by atoms with van der Waals surface area (Å²) < 4.78 is 18.5. The van der Waals surface area contributed by atoms with E-state index < -0.39 is 11.8 Å². The smallest absolute Gasteiger partial charge is 0.340 e. The second-order valence-corrected chi connectivity index (χ2v) is 5.03. The van der Waals surface area contributed by atoms with Gasteiger partial charge in [0.05, 0.1) is 18.4 Å². The molecule has 0 aromatic heterocycles. The van der Waals surface area contributed by atoms with Gasteiger partial charge in [-0.05, 0) is 37.8 Å². The van der Waals surface area contributed by atoms with Gasteiger partial charge in [0.2, 0.25) is 0 Å². The summed E-state index contributed by atoms with van der Waals surface area (Å²) in [6, 6.07) is 2.76. The highest BCUT2D eigenvalue weighted by atomic mass is 19.1. The van der Waals surface area contributed by atoms with Crippen LogP contribution in [-0.4, -0.2) is 19.1 Å². The minimum atomic E-state index is -0.558. The summed E-state index contributed by atoms with van der Waals surface area (Å²) >= 11 is 0. The number of rotatable bonds is 4. The third-order valence-electron chi connectivity index (χ3n) is 3.78. The summed E-state index contributed by atoms with van der Waals surface area (Å²) in [5.41, 5.74) is 6.20. The highest BCUT2D eigenvalue weighted by Gasteiger charge is 2.25. The molecule has 0 spiro atoms. The van der Waals surface area contributed by atoms with Crippen LogP contribution in [0.25, 0.3) is 0 Å². The average Bonchev–Trinajstić information content (AvgIpc) is 2.29. The van der Waals surface area contributed by atoms with Gasteiger partial charge in [-0.15, -0.1) is 0 Å². The Balaban J connectivity index is 2.21. The molecule has 0 amide bonds. The molecule has 0 radical (unpaired) electrons. The first-order valence-corrected chi connectivity index (χ1v) is 6.46. The van der Waals surface area contributed by atoms with Crippen molar-refractivity contribution in [2.75, 3.05) is 18.2 Å². The van der Waals surface area contributed by atoms with Crippen LogP contribution in [0.5, 0.6) is 0 Å². The summed E-state index contributed by atoms with van der Waals surface area (Å²) in [5.74, 6) is -0.438. The van der Waals surface area contributed by atoms with Crippen molar-refractivity contribution < 1.29 is 13.9 Å². The van der Waals surface area contributed by atoms with Crippen molar-refractivity contribution in [1.82, 2.24) is 0 Å². The maximum atomic E-state index is 13.8. The van der Waals surface area contributed by atoms with Crippen molar-refractivity contribution in [2.24, 2.45) is 5.92 Å². The van der Waals surface area contributed by atoms with Crippen LogP contribution in [-0.2, 0) is 4.74 Å². The number of carbonyl (C=O) groups excluding carboxylic acids is 1. The molecule has 5 heteroatoms. The number of hydrogen-bond donors (Lipinski definition) is 2. The third-order valence-corrected chi connectivity index (χ3v) is 3.78. The molecular weight excluding hydrogens is 247 g/mol. The van der Waals surface area contributed by atoms with E-state index >= 15 is 0 Å². The lowest BCUT2D eigenvalue weighted by atomic mass is 9.80. The van der Waals surface area contributed by atoms with Crippen LogP contribution in [0.3, 0.4) is 0 Å². The predicted octanol–water partition coefficient (Wildman–Crippen LogP) is 2.79. The Hall–Kier alpha value is -1.78. The second-order valence-electron chi connectivity index (χ2n) is 5.03. The SMILES string of the molecule is COC(=O)c1cc(NC(C)C2CCC2)c(F)cc1N. The molecular formula is C14H19FN2O2. The van der Waals surface area contributed by atoms with Crippen molar-refractivity contribution in [3.8, 4) is 0 Å². The average molecular weight is 266 g/mol. The van der Waals surface area contributed by atoms with Crippen LogP contribution in [0.2, 0.25) is 0 Å². The van der Waals surface area contributed by atoms with E-state index in [1.807, 2.05) is 6.92 Å². The second kappa shape index (κ2) is 5.47. The fourth-order valence-electron chi connectivity index (χ4n) is 2.29. The molecule has 1 saturated carbocycles. The zero-order valence-corrected chi connectivity index (χ0v) is 11.2. The molecule has 1 aliphatic rings. The number of nitrogens with two attached hydrogens (primary N) is 1. The van der Waals surface area contributed by atoms with Gasteiger partial charge in [0.1, 0.15) is 5.82 Å². The molecule has 104 valence electrons. The Morgan fingerprint density at radius 2 is 2.21 bits per heavy atom. The maximum Gasteiger partial charge on any atom is 0.340 e. The molecule has 4 nitrogen and oxygen atoms in total. The lowest BCUT2D eigenvalue weighted by molar-refractivity contribution is 0.0602. The van der Waals surface area contributed by atoms with Gasteiger partial charge in [-0.3, -0.25) is 0 Å². The monoisotopic (exact) mass is 266 g/mol. The van der Waals surface area contributed by atoms with Crippen LogP contribution < -0.4 is 11.1 Å². The lowest BCUT2D eigenvalue weighted by Gasteiger charge is -2.32. The van der Waals surface area contributed by atoms with Crippen molar-refractivity contribution in [3.63, 3.8) is 0 Å². The standard InChI is InChI=1S/C14H19FN2O2/c1-8(9-4-3-5-9)17-13-6-10(14(18)19-2)12(16)7-11(13)15/h6-9,17H,3-5,16H2,1-2H3. The first-order chi connectivity index (χ1) is 9.02. The number of carbonyl (C=O) groups is 1. The number of benzene rings is 1. The van der Waals surface area contributed by atoms with Gasteiger partial charge in [0.15, 0.2) is 0 Å². The number of ether oxygens (including phenoxy) is 1. The van der Waals surface area contributed by atoms with Gasteiger partial charge in [-0.2, -0.15) is 0 Å². The molecule has 2 rings (SSSR count). The van der Waals surface area contributed by atoms with Crippen LogP contribution in [0.4, 0.5) is 15.8 Å². The van der Waals surface area contributed by atoms with Crippen molar-refractivity contribution in [2.45, 2.75) is 32.2 Å². The van der Waals surface area contributed by atoms with Crippen molar-refractivity contribution >= 4 is 17.3 Å². The minimum absolute atomic E-state index is 0.0891. The van der Waals surface area contributed by atoms with Gasteiger partial charge in [0.25, 0.3) is 0 Å². The van der Waals surface area contributed by atoms with E-state index in [0.717, 1.165) is 18.9 Å². The van der Waals surface area contributed by atoms with E-state index in [4.69, 9.17) is 5.73 Å². The van der Waals surface area contributed by atoms with E-state index in [1.165, 1.54) is 19.6 Å². The number of nitrogen functional groups attached to an aromatic ring is 1. The van der Waals surface area contributed by atoms with Crippen LogP contribution in [0.15, 0.2) is 12.1 Å². The van der Waals surface area contributed by atoms with E-state index in [-0.39, 0.29) is 17.3 Å².